The molecule has 1 atom stereocenters. The minimum atomic E-state index is 0.227. The number of carbonyl (C=O) groups is 1. The van der Waals surface area contributed by atoms with Crippen molar-refractivity contribution in [2.45, 2.75) is 52.0 Å². The average molecular weight is 383 g/mol. The fourth-order valence-electron chi connectivity index (χ4n) is 4.67. The van der Waals surface area contributed by atoms with E-state index in [1.807, 2.05) is 18.6 Å². The van der Waals surface area contributed by atoms with Gasteiger partial charge in [0.2, 0.25) is 5.91 Å². The maximum Gasteiger partial charge on any atom is 0.222 e. The molecule has 2 aliphatic heterocycles. The van der Waals surface area contributed by atoms with Crippen LogP contribution in [0, 0.1) is 5.41 Å². The van der Waals surface area contributed by atoms with Gasteiger partial charge in [0, 0.05) is 80.7 Å². The molecule has 0 saturated carbocycles. The molecule has 7 heteroatoms. The first kappa shape index (κ1) is 19.1. The number of imidazole rings is 1. The van der Waals surface area contributed by atoms with E-state index in [0.717, 1.165) is 63.5 Å². The summed E-state index contributed by atoms with van der Waals surface area (Å²) in [5.74, 6) is 1.20. The van der Waals surface area contributed by atoms with Crippen LogP contribution in [0.15, 0.2) is 24.9 Å². The summed E-state index contributed by atoms with van der Waals surface area (Å²) in [6, 6.07) is 0. The number of aromatic amines is 1. The van der Waals surface area contributed by atoms with Crippen LogP contribution in [0.4, 0.5) is 0 Å². The minimum Gasteiger partial charge on any atom is -0.348 e. The van der Waals surface area contributed by atoms with E-state index < -0.39 is 0 Å². The Labute approximate surface area is 166 Å². The molecule has 2 aliphatic rings. The maximum absolute atomic E-state index is 12.5. The lowest BCUT2D eigenvalue weighted by molar-refractivity contribution is -0.139. The Bertz CT molecular complexity index is 775. The Kier molecular flexibility index (Phi) is 5.71. The number of hydrogen-bond donors (Lipinski definition) is 1. The molecule has 0 bridgehead atoms. The lowest BCUT2D eigenvalue weighted by Gasteiger charge is -2.48. The van der Waals surface area contributed by atoms with Crippen LogP contribution in [0.1, 0.15) is 49.7 Å². The van der Waals surface area contributed by atoms with Gasteiger partial charge in [-0.2, -0.15) is 0 Å². The lowest BCUT2D eigenvalue weighted by Crippen LogP contribution is -2.54. The molecule has 28 heavy (non-hydrogen) atoms. The number of aromatic nitrogens is 4. The zero-order valence-corrected chi connectivity index (χ0v) is 16.7. The number of hydrogen-bond acceptors (Lipinski definition) is 5. The van der Waals surface area contributed by atoms with Crippen molar-refractivity contribution in [3.05, 3.63) is 42.0 Å². The summed E-state index contributed by atoms with van der Waals surface area (Å²) in [6.45, 7) is 6.78. The molecule has 2 fully saturated rings. The van der Waals surface area contributed by atoms with Gasteiger partial charge in [-0.25, -0.2) is 15.0 Å². The normalized spacial score (nSPS) is 23.5. The van der Waals surface area contributed by atoms with Crippen molar-refractivity contribution in [3.8, 4) is 0 Å². The van der Waals surface area contributed by atoms with Crippen LogP contribution < -0.4 is 0 Å². The largest absolute Gasteiger partial charge is 0.348 e. The van der Waals surface area contributed by atoms with Gasteiger partial charge in [-0.1, -0.05) is 6.92 Å². The summed E-state index contributed by atoms with van der Waals surface area (Å²) < 4.78 is 0. The van der Waals surface area contributed by atoms with Gasteiger partial charge in [-0.05, 0) is 25.8 Å². The Morgan fingerprint density at radius 2 is 2.04 bits per heavy atom. The lowest BCUT2D eigenvalue weighted by atomic mass is 9.73. The highest BCUT2D eigenvalue weighted by Gasteiger charge is 2.41. The predicted molar refractivity (Wildman–Crippen MR) is 106 cm³/mol. The van der Waals surface area contributed by atoms with Crippen LogP contribution in [-0.2, 0) is 24.2 Å². The number of amides is 1. The van der Waals surface area contributed by atoms with Gasteiger partial charge >= 0.3 is 0 Å². The molecule has 4 heterocycles. The minimum absolute atomic E-state index is 0.227. The first-order chi connectivity index (χ1) is 13.7. The maximum atomic E-state index is 12.5. The van der Waals surface area contributed by atoms with Crippen molar-refractivity contribution >= 4 is 5.91 Å². The van der Waals surface area contributed by atoms with E-state index in [4.69, 9.17) is 0 Å². The van der Waals surface area contributed by atoms with E-state index in [0.29, 0.717) is 12.3 Å². The number of likely N-dealkylation sites (tertiary alicyclic amines) is 2. The third kappa shape index (κ3) is 4.41. The third-order valence-corrected chi connectivity index (χ3v) is 6.18. The molecular formula is C21H30N6O. The molecule has 2 aromatic heterocycles. The smallest absolute Gasteiger partial charge is 0.222 e. The van der Waals surface area contributed by atoms with Crippen molar-refractivity contribution < 1.29 is 4.79 Å². The second kappa shape index (κ2) is 8.39. The molecule has 7 nitrogen and oxygen atoms in total. The van der Waals surface area contributed by atoms with Crippen LogP contribution in [0.3, 0.4) is 0 Å². The van der Waals surface area contributed by atoms with E-state index in [-0.39, 0.29) is 5.41 Å². The fourth-order valence-corrected chi connectivity index (χ4v) is 4.67. The van der Waals surface area contributed by atoms with Gasteiger partial charge in [0.05, 0.1) is 6.33 Å². The first-order valence-electron chi connectivity index (χ1n) is 10.4. The molecule has 2 aromatic rings. The highest BCUT2D eigenvalue weighted by atomic mass is 16.2. The number of aryl methyl sites for hydroxylation is 1. The molecule has 1 N–H and O–H groups in total. The second-order valence-electron chi connectivity index (χ2n) is 8.32. The molecule has 1 spiro atoms. The Morgan fingerprint density at radius 1 is 1.18 bits per heavy atom. The third-order valence-electron chi connectivity index (χ3n) is 6.18. The molecular weight excluding hydrogens is 352 g/mol. The number of rotatable bonds is 6. The van der Waals surface area contributed by atoms with E-state index in [1.54, 1.807) is 6.33 Å². The zero-order valence-electron chi connectivity index (χ0n) is 16.7. The van der Waals surface area contributed by atoms with Crippen molar-refractivity contribution in [3.63, 3.8) is 0 Å². The Morgan fingerprint density at radius 3 is 2.79 bits per heavy atom. The van der Waals surface area contributed by atoms with E-state index in [2.05, 4.69) is 36.7 Å². The van der Waals surface area contributed by atoms with Gasteiger partial charge < -0.3 is 9.88 Å². The molecule has 0 aromatic carbocycles. The summed E-state index contributed by atoms with van der Waals surface area (Å²) in [6.07, 6.45) is 13.3. The number of nitrogens with one attached hydrogen (secondary N) is 1. The van der Waals surface area contributed by atoms with E-state index >= 15 is 0 Å². The second-order valence-corrected chi connectivity index (χ2v) is 8.32. The van der Waals surface area contributed by atoms with E-state index in [1.165, 1.54) is 18.4 Å². The topological polar surface area (TPSA) is 78.0 Å². The number of H-pyrrole nitrogens is 1. The zero-order chi connectivity index (χ0) is 19.4. The summed E-state index contributed by atoms with van der Waals surface area (Å²) in [4.78, 5) is 33.2. The van der Waals surface area contributed by atoms with Crippen LogP contribution in [-0.4, -0.2) is 61.8 Å². The van der Waals surface area contributed by atoms with Gasteiger partial charge in [0.15, 0.2) is 0 Å². The van der Waals surface area contributed by atoms with Gasteiger partial charge in [0.1, 0.15) is 5.82 Å². The summed E-state index contributed by atoms with van der Waals surface area (Å²) in [5.41, 5.74) is 2.50. The highest BCUT2D eigenvalue weighted by molar-refractivity contribution is 5.77. The average Bonchev–Trinajstić information content (AvgIpc) is 3.23. The van der Waals surface area contributed by atoms with Crippen LogP contribution in [0.25, 0.3) is 0 Å². The summed E-state index contributed by atoms with van der Waals surface area (Å²) in [5, 5.41) is 0. The summed E-state index contributed by atoms with van der Waals surface area (Å²) in [7, 11) is 0. The molecule has 0 aliphatic carbocycles. The molecule has 2 saturated heterocycles. The van der Waals surface area contributed by atoms with Crippen molar-refractivity contribution in [1.29, 1.82) is 0 Å². The first-order valence-corrected chi connectivity index (χ1v) is 10.4. The van der Waals surface area contributed by atoms with Crippen molar-refractivity contribution in [2.75, 3.05) is 26.2 Å². The van der Waals surface area contributed by atoms with Gasteiger partial charge in [-0.3, -0.25) is 9.69 Å². The van der Waals surface area contributed by atoms with Crippen molar-refractivity contribution in [2.24, 2.45) is 5.41 Å². The van der Waals surface area contributed by atoms with Crippen LogP contribution in [0.2, 0.25) is 0 Å². The highest BCUT2D eigenvalue weighted by Crippen LogP contribution is 2.39. The van der Waals surface area contributed by atoms with E-state index in [9.17, 15) is 4.79 Å². The Hall–Kier alpha value is -2.28. The molecule has 150 valence electrons. The SMILES string of the molecule is CCc1ncc(CN2CCC[C@]3(CCC(=O)N(CCc4cnc[nH]4)C3)C2)cn1. The number of carbonyl (C=O) groups excluding carboxylic acids is 1. The van der Waals surface area contributed by atoms with Crippen LogP contribution >= 0.6 is 0 Å². The van der Waals surface area contributed by atoms with Gasteiger partial charge in [-0.15, -0.1) is 0 Å². The predicted octanol–water partition coefficient (Wildman–Crippen LogP) is 2.21. The molecule has 4 rings (SSSR count). The van der Waals surface area contributed by atoms with Crippen LogP contribution in [0.5, 0.6) is 0 Å². The van der Waals surface area contributed by atoms with Crippen molar-refractivity contribution in [1.82, 2.24) is 29.7 Å². The number of piperidine rings is 2. The summed E-state index contributed by atoms with van der Waals surface area (Å²) >= 11 is 0. The molecule has 0 radical (unpaired) electrons. The quantitative estimate of drug-likeness (QED) is 0.829. The number of nitrogens with zero attached hydrogens (tertiary/aromatic N) is 5. The molecule has 0 unspecified atom stereocenters. The fraction of sp³-hybridized carbons (Fsp3) is 0.619. The molecule has 1 amide bonds. The van der Waals surface area contributed by atoms with Gasteiger partial charge in [0.25, 0.3) is 0 Å². The Balaban J connectivity index is 1.37. The monoisotopic (exact) mass is 382 g/mol. The standard InChI is InChI=1S/C21H30N6O/c1-2-19-23-10-17(11-24-19)13-26-8-3-6-21(14-26)7-4-20(28)27(15-21)9-5-18-12-22-16-25-18/h10-12,16H,2-9,13-15H2,1H3,(H,22,25)/t21-/m0/s1.